The first-order valence-corrected chi connectivity index (χ1v) is 11.4. The van der Waals surface area contributed by atoms with Gasteiger partial charge in [0.15, 0.2) is 11.5 Å². The third-order valence-corrected chi connectivity index (χ3v) is 4.98. The van der Waals surface area contributed by atoms with Crippen LogP contribution in [0.3, 0.4) is 0 Å². The van der Waals surface area contributed by atoms with E-state index in [-0.39, 0.29) is 0 Å². The number of hydrogen-bond acceptors (Lipinski definition) is 3. The van der Waals surface area contributed by atoms with Crippen molar-refractivity contribution < 1.29 is 9.47 Å². The van der Waals surface area contributed by atoms with Crippen molar-refractivity contribution in [2.24, 2.45) is 0 Å². The van der Waals surface area contributed by atoms with Crippen LogP contribution in [0.25, 0.3) is 0 Å². The molecular formula is C24H43NO2. The lowest BCUT2D eigenvalue weighted by atomic mass is 10.1. The lowest BCUT2D eigenvalue weighted by Crippen LogP contribution is -2.03. The molecule has 0 radical (unpaired) electrons. The number of unbranched alkanes of at least 4 members (excludes halogenated alkanes) is 12. The molecule has 0 amide bonds. The van der Waals surface area contributed by atoms with E-state index in [9.17, 15) is 0 Å². The summed E-state index contributed by atoms with van der Waals surface area (Å²) in [4.78, 5) is 0. The van der Waals surface area contributed by atoms with Gasteiger partial charge in [-0.05, 0) is 25.0 Å². The molecular weight excluding hydrogens is 334 g/mol. The van der Waals surface area contributed by atoms with Gasteiger partial charge in [-0.25, -0.2) is 0 Å². The second kappa shape index (κ2) is 16.8. The summed E-state index contributed by atoms with van der Waals surface area (Å²) in [6.07, 6.45) is 18.1. The van der Waals surface area contributed by atoms with Crippen LogP contribution in [-0.4, -0.2) is 13.2 Å². The molecule has 1 rings (SSSR count). The molecule has 0 saturated heterocycles. The number of nitrogen functional groups attached to an aromatic ring is 1. The Hall–Kier alpha value is -1.38. The molecule has 0 bridgehead atoms. The number of rotatable bonds is 18. The van der Waals surface area contributed by atoms with E-state index in [1.165, 1.54) is 77.0 Å². The Morgan fingerprint density at radius 2 is 1.04 bits per heavy atom. The molecule has 0 heterocycles. The molecule has 0 aliphatic heterocycles. The molecule has 0 fully saturated rings. The molecule has 156 valence electrons. The van der Waals surface area contributed by atoms with Gasteiger partial charge in [0.25, 0.3) is 0 Å². The lowest BCUT2D eigenvalue weighted by molar-refractivity contribution is 0.258. The fourth-order valence-electron chi connectivity index (χ4n) is 3.24. The molecule has 0 unspecified atom stereocenters. The van der Waals surface area contributed by atoms with Gasteiger partial charge in [-0.2, -0.15) is 0 Å². The fraction of sp³-hybridized carbons (Fsp3) is 0.750. The quantitative estimate of drug-likeness (QED) is 0.212. The van der Waals surface area contributed by atoms with Gasteiger partial charge in [0, 0.05) is 11.8 Å². The van der Waals surface area contributed by atoms with Crippen LogP contribution in [0, 0.1) is 0 Å². The summed E-state index contributed by atoms with van der Waals surface area (Å²) in [5, 5.41) is 0. The van der Waals surface area contributed by atoms with E-state index in [1.807, 2.05) is 18.2 Å². The van der Waals surface area contributed by atoms with E-state index in [2.05, 4.69) is 13.8 Å². The van der Waals surface area contributed by atoms with Crippen LogP contribution in [0.5, 0.6) is 11.5 Å². The van der Waals surface area contributed by atoms with Crippen molar-refractivity contribution in [3.63, 3.8) is 0 Å². The fourth-order valence-corrected chi connectivity index (χ4v) is 3.24. The molecule has 27 heavy (non-hydrogen) atoms. The van der Waals surface area contributed by atoms with Gasteiger partial charge in [0.05, 0.1) is 13.2 Å². The maximum absolute atomic E-state index is 5.96. The first-order valence-electron chi connectivity index (χ1n) is 11.4. The Morgan fingerprint density at radius 3 is 1.56 bits per heavy atom. The third-order valence-electron chi connectivity index (χ3n) is 4.98. The molecule has 2 N–H and O–H groups in total. The Balaban J connectivity index is 2.19. The Labute approximate surface area is 168 Å². The second-order valence-corrected chi connectivity index (χ2v) is 7.65. The smallest absolute Gasteiger partial charge is 0.163 e. The number of nitrogens with two attached hydrogens (primary N) is 1. The van der Waals surface area contributed by atoms with E-state index < -0.39 is 0 Å². The summed E-state index contributed by atoms with van der Waals surface area (Å²) < 4.78 is 11.9. The SMILES string of the molecule is CCCCCCCCCOc1ccc(N)cc1OCCCCCCCCC. The second-order valence-electron chi connectivity index (χ2n) is 7.65. The van der Waals surface area contributed by atoms with Crippen molar-refractivity contribution in [3.05, 3.63) is 18.2 Å². The molecule has 3 nitrogen and oxygen atoms in total. The van der Waals surface area contributed by atoms with E-state index >= 15 is 0 Å². The summed E-state index contributed by atoms with van der Waals surface area (Å²) in [5.74, 6) is 1.63. The highest BCUT2D eigenvalue weighted by atomic mass is 16.5. The molecule has 1 aromatic rings. The average molecular weight is 378 g/mol. The van der Waals surface area contributed by atoms with E-state index in [0.717, 1.165) is 43.2 Å². The zero-order valence-electron chi connectivity index (χ0n) is 17.9. The minimum atomic E-state index is 0.729. The van der Waals surface area contributed by atoms with E-state index in [0.29, 0.717) is 0 Å². The maximum atomic E-state index is 5.96. The van der Waals surface area contributed by atoms with Crippen LogP contribution in [0.15, 0.2) is 18.2 Å². The van der Waals surface area contributed by atoms with Crippen molar-refractivity contribution >= 4 is 5.69 Å². The van der Waals surface area contributed by atoms with Gasteiger partial charge in [0.2, 0.25) is 0 Å². The average Bonchev–Trinajstić information content (AvgIpc) is 2.67. The molecule has 0 saturated carbocycles. The minimum absolute atomic E-state index is 0.729. The maximum Gasteiger partial charge on any atom is 0.163 e. The normalized spacial score (nSPS) is 10.9. The number of benzene rings is 1. The summed E-state index contributed by atoms with van der Waals surface area (Å²) in [5.41, 5.74) is 6.65. The molecule has 0 aliphatic rings. The van der Waals surface area contributed by atoms with Crippen LogP contribution in [0.2, 0.25) is 0 Å². The van der Waals surface area contributed by atoms with Gasteiger partial charge < -0.3 is 15.2 Å². The molecule has 1 aromatic carbocycles. The minimum Gasteiger partial charge on any atom is -0.490 e. The molecule has 0 aromatic heterocycles. The largest absolute Gasteiger partial charge is 0.490 e. The summed E-state index contributed by atoms with van der Waals surface area (Å²) in [6, 6.07) is 5.72. The van der Waals surface area contributed by atoms with Crippen LogP contribution in [0.4, 0.5) is 5.69 Å². The van der Waals surface area contributed by atoms with Crippen LogP contribution in [-0.2, 0) is 0 Å². The zero-order chi connectivity index (χ0) is 19.6. The van der Waals surface area contributed by atoms with E-state index in [1.54, 1.807) is 0 Å². The topological polar surface area (TPSA) is 44.5 Å². The van der Waals surface area contributed by atoms with Crippen LogP contribution < -0.4 is 15.2 Å². The van der Waals surface area contributed by atoms with Gasteiger partial charge >= 0.3 is 0 Å². The molecule has 3 heteroatoms. The van der Waals surface area contributed by atoms with Crippen LogP contribution >= 0.6 is 0 Å². The van der Waals surface area contributed by atoms with E-state index in [4.69, 9.17) is 15.2 Å². The Bertz CT molecular complexity index is 462. The van der Waals surface area contributed by atoms with Gasteiger partial charge in [-0.15, -0.1) is 0 Å². The third kappa shape index (κ3) is 12.6. The molecule has 0 atom stereocenters. The number of anilines is 1. The highest BCUT2D eigenvalue weighted by molar-refractivity contribution is 5.51. The predicted octanol–water partition coefficient (Wildman–Crippen LogP) is 7.53. The van der Waals surface area contributed by atoms with Crippen molar-refractivity contribution in [2.75, 3.05) is 18.9 Å². The van der Waals surface area contributed by atoms with Crippen LogP contribution in [0.1, 0.15) is 104 Å². The molecule has 0 aliphatic carbocycles. The Morgan fingerprint density at radius 1 is 0.593 bits per heavy atom. The zero-order valence-corrected chi connectivity index (χ0v) is 17.9. The van der Waals surface area contributed by atoms with Gasteiger partial charge in [0.1, 0.15) is 0 Å². The first kappa shape index (κ1) is 23.7. The first-order chi connectivity index (χ1) is 13.3. The van der Waals surface area contributed by atoms with Gasteiger partial charge in [-0.3, -0.25) is 0 Å². The summed E-state index contributed by atoms with van der Waals surface area (Å²) in [6.45, 7) is 6.01. The highest BCUT2D eigenvalue weighted by Crippen LogP contribution is 2.30. The van der Waals surface area contributed by atoms with Crippen molar-refractivity contribution in [1.82, 2.24) is 0 Å². The van der Waals surface area contributed by atoms with Crippen molar-refractivity contribution in [3.8, 4) is 11.5 Å². The lowest BCUT2D eigenvalue weighted by Gasteiger charge is -2.13. The monoisotopic (exact) mass is 377 g/mol. The summed E-state index contributed by atoms with van der Waals surface area (Å²) >= 11 is 0. The van der Waals surface area contributed by atoms with Crippen molar-refractivity contribution in [2.45, 2.75) is 104 Å². The molecule has 0 spiro atoms. The Kier molecular flexibility index (Phi) is 14.7. The predicted molar refractivity (Wildman–Crippen MR) is 118 cm³/mol. The standard InChI is InChI=1S/C24H43NO2/c1-3-5-7-9-11-13-15-19-26-23-18-17-22(25)21-24(23)27-20-16-14-12-10-8-6-4-2/h17-18,21H,3-16,19-20,25H2,1-2H3. The number of ether oxygens (including phenoxy) is 2. The number of hydrogen-bond donors (Lipinski definition) is 1. The van der Waals surface area contributed by atoms with Gasteiger partial charge in [-0.1, -0.05) is 90.9 Å². The highest BCUT2D eigenvalue weighted by Gasteiger charge is 2.06. The van der Waals surface area contributed by atoms with Crippen molar-refractivity contribution in [1.29, 1.82) is 0 Å². The summed E-state index contributed by atoms with van der Waals surface area (Å²) in [7, 11) is 0.